The molecule has 25 heavy (non-hydrogen) atoms. The quantitative estimate of drug-likeness (QED) is 0.867. The van der Waals surface area contributed by atoms with Gasteiger partial charge in [-0.3, -0.25) is 9.59 Å². The smallest absolute Gasteiger partial charge is 0.305 e. The number of rotatable bonds is 6. The van der Waals surface area contributed by atoms with E-state index < -0.39 is 5.97 Å². The second-order valence-electron chi connectivity index (χ2n) is 5.98. The summed E-state index contributed by atoms with van der Waals surface area (Å²) in [7, 11) is 0. The summed E-state index contributed by atoms with van der Waals surface area (Å²) in [5.74, 6) is -1.04. The van der Waals surface area contributed by atoms with Crippen molar-refractivity contribution < 1.29 is 19.4 Å². The molecule has 0 spiro atoms. The number of ether oxygens (including phenoxy) is 1. The number of hydrogen-bond donors (Lipinski definition) is 1. The first-order valence-electron chi connectivity index (χ1n) is 8.36. The normalized spacial score (nSPS) is 15.0. The Kier molecular flexibility index (Phi) is 5.45. The number of aromatic nitrogens is 2. The highest BCUT2D eigenvalue weighted by Crippen LogP contribution is 2.19. The zero-order valence-corrected chi connectivity index (χ0v) is 13.9. The van der Waals surface area contributed by atoms with Gasteiger partial charge < -0.3 is 14.7 Å². The van der Waals surface area contributed by atoms with Crippen molar-refractivity contribution in [2.75, 3.05) is 19.8 Å². The van der Waals surface area contributed by atoms with Gasteiger partial charge in [0.05, 0.1) is 12.1 Å². The van der Waals surface area contributed by atoms with Crippen LogP contribution in [0, 0.1) is 0 Å². The van der Waals surface area contributed by atoms with Gasteiger partial charge >= 0.3 is 5.97 Å². The van der Waals surface area contributed by atoms with Crippen LogP contribution in [0.15, 0.2) is 42.7 Å². The molecule has 1 fully saturated rings. The van der Waals surface area contributed by atoms with Crippen molar-refractivity contribution in [3.05, 3.63) is 48.3 Å². The lowest BCUT2D eigenvalue weighted by Gasteiger charge is -2.34. The molecule has 1 aliphatic heterocycles. The van der Waals surface area contributed by atoms with E-state index in [0.29, 0.717) is 18.8 Å². The first-order valence-corrected chi connectivity index (χ1v) is 8.36. The standard InChI is InChI=1S/C18H21N3O4/c22-17(23)6-11-20(15-7-12-25-13-8-15)18(24)14-2-4-16(5-3-14)21-10-1-9-19-21/h1-5,9-10,15H,6-8,11-13H2,(H,22,23). The van der Waals surface area contributed by atoms with Crippen LogP contribution in [0.4, 0.5) is 0 Å². The fraction of sp³-hybridized carbons (Fsp3) is 0.389. The molecule has 0 radical (unpaired) electrons. The highest BCUT2D eigenvalue weighted by molar-refractivity contribution is 5.94. The minimum absolute atomic E-state index is 0.0198. The van der Waals surface area contributed by atoms with E-state index in [-0.39, 0.29) is 24.9 Å². The lowest BCUT2D eigenvalue weighted by atomic mass is 10.0. The minimum atomic E-state index is -0.904. The molecule has 0 atom stereocenters. The number of carbonyl (C=O) groups is 2. The molecule has 1 saturated heterocycles. The van der Waals surface area contributed by atoms with Crippen LogP contribution >= 0.6 is 0 Å². The Morgan fingerprint density at radius 1 is 1.24 bits per heavy atom. The first kappa shape index (κ1) is 17.2. The van der Waals surface area contributed by atoms with Crippen LogP contribution < -0.4 is 0 Å². The molecule has 0 aliphatic carbocycles. The molecular weight excluding hydrogens is 322 g/mol. The van der Waals surface area contributed by atoms with E-state index in [2.05, 4.69) is 5.10 Å². The number of carbonyl (C=O) groups excluding carboxylic acids is 1. The van der Waals surface area contributed by atoms with E-state index in [0.717, 1.165) is 18.5 Å². The average Bonchev–Trinajstić information content (AvgIpc) is 3.17. The largest absolute Gasteiger partial charge is 0.481 e. The van der Waals surface area contributed by atoms with Crippen molar-refractivity contribution in [1.82, 2.24) is 14.7 Å². The molecule has 0 bridgehead atoms. The average molecular weight is 343 g/mol. The lowest BCUT2D eigenvalue weighted by molar-refractivity contribution is -0.137. The third-order valence-corrected chi connectivity index (χ3v) is 4.34. The fourth-order valence-corrected chi connectivity index (χ4v) is 3.01. The number of carboxylic acid groups (broad SMARTS) is 1. The first-order chi connectivity index (χ1) is 12.1. The van der Waals surface area contributed by atoms with Crippen LogP contribution in [0.25, 0.3) is 5.69 Å². The van der Waals surface area contributed by atoms with Crippen molar-refractivity contribution in [2.45, 2.75) is 25.3 Å². The molecule has 1 amide bonds. The predicted octanol–water partition coefficient (Wildman–Crippen LogP) is 1.97. The van der Waals surface area contributed by atoms with Gasteiger partial charge in [-0.1, -0.05) is 0 Å². The molecule has 2 aromatic rings. The molecule has 1 N–H and O–H groups in total. The maximum absolute atomic E-state index is 12.9. The van der Waals surface area contributed by atoms with Gasteiger partial charge in [0, 0.05) is 43.8 Å². The van der Waals surface area contributed by atoms with E-state index in [4.69, 9.17) is 9.84 Å². The van der Waals surface area contributed by atoms with E-state index in [1.54, 1.807) is 27.9 Å². The maximum Gasteiger partial charge on any atom is 0.305 e. The maximum atomic E-state index is 12.9. The van der Waals surface area contributed by atoms with Gasteiger partial charge in [-0.2, -0.15) is 5.10 Å². The predicted molar refractivity (Wildman–Crippen MR) is 90.7 cm³/mol. The monoisotopic (exact) mass is 343 g/mol. The van der Waals surface area contributed by atoms with Gasteiger partial charge in [0.2, 0.25) is 0 Å². The van der Waals surface area contributed by atoms with E-state index in [1.807, 2.05) is 24.4 Å². The summed E-state index contributed by atoms with van der Waals surface area (Å²) >= 11 is 0. The van der Waals surface area contributed by atoms with Crippen LogP contribution in [-0.4, -0.2) is 57.5 Å². The SMILES string of the molecule is O=C(O)CCN(C(=O)c1ccc(-n2cccn2)cc1)C1CCOCC1. The Balaban J connectivity index is 1.77. The van der Waals surface area contributed by atoms with E-state index in [1.165, 1.54) is 0 Å². The molecule has 0 saturated carbocycles. The molecule has 132 valence electrons. The zero-order chi connectivity index (χ0) is 17.6. The molecule has 2 heterocycles. The minimum Gasteiger partial charge on any atom is -0.481 e. The topological polar surface area (TPSA) is 84.7 Å². The summed E-state index contributed by atoms with van der Waals surface area (Å²) in [6.07, 6.45) is 4.93. The van der Waals surface area contributed by atoms with Gasteiger partial charge in [-0.15, -0.1) is 0 Å². The van der Waals surface area contributed by atoms with E-state index >= 15 is 0 Å². The van der Waals surface area contributed by atoms with Gasteiger partial charge in [-0.25, -0.2) is 4.68 Å². The molecule has 0 unspecified atom stereocenters. The summed E-state index contributed by atoms with van der Waals surface area (Å²) in [5, 5.41) is 13.1. The highest BCUT2D eigenvalue weighted by Gasteiger charge is 2.27. The van der Waals surface area contributed by atoms with Crippen molar-refractivity contribution in [1.29, 1.82) is 0 Å². The van der Waals surface area contributed by atoms with Crippen molar-refractivity contribution in [2.24, 2.45) is 0 Å². The number of aliphatic carboxylic acids is 1. The molecule has 7 nitrogen and oxygen atoms in total. The van der Waals surface area contributed by atoms with Crippen LogP contribution in [0.1, 0.15) is 29.6 Å². The molecule has 1 aliphatic rings. The summed E-state index contributed by atoms with van der Waals surface area (Å²) in [4.78, 5) is 25.6. The number of hydrogen-bond acceptors (Lipinski definition) is 4. The highest BCUT2D eigenvalue weighted by atomic mass is 16.5. The Hall–Kier alpha value is -2.67. The second kappa shape index (κ2) is 7.94. The summed E-state index contributed by atoms with van der Waals surface area (Å²) < 4.78 is 7.07. The number of nitrogens with zero attached hydrogens (tertiary/aromatic N) is 3. The third kappa shape index (κ3) is 4.24. The Morgan fingerprint density at radius 2 is 1.96 bits per heavy atom. The summed E-state index contributed by atoms with van der Waals surface area (Å²) in [5.41, 5.74) is 1.41. The Labute approximate surface area is 145 Å². The van der Waals surface area contributed by atoms with Crippen molar-refractivity contribution in [3.63, 3.8) is 0 Å². The molecule has 1 aromatic carbocycles. The Bertz CT molecular complexity index is 706. The Morgan fingerprint density at radius 3 is 2.56 bits per heavy atom. The van der Waals surface area contributed by atoms with Gasteiger partial charge in [-0.05, 0) is 43.2 Å². The number of carboxylic acids is 1. The molecular formula is C18H21N3O4. The van der Waals surface area contributed by atoms with Crippen LogP contribution in [0.3, 0.4) is 0 Å². The van der Waals surface area contributed by atoms with Gasteiger partial charge in [0.1, 0.15) is 0 Å². The van der Waals surface area contributed by atoms with Crippen LogP contribution in [0.5, 0.6) is 0 Å². The molecule has 7 heteroatoms. The summed E-state index contributed by atoms with van der Waals surface area (Å²) in [6, 6.07) is 9.03. The number of amides is 1. The van der Waals surface area contributed by atoms with Crippen molar-refractivity contribution >= 4 is 11.9 Å². The van der Waals surface area contributed by atoms with Gasteiger partial charge in [0.25, 0.3) is 5.91 Å². The summed E-state index contributed by atoms with van der Waals surface area (Å²) in [6.45, 7) is 1.40. The fourth-order valence-electron chi connectivity index (χ4n) is 3.01. The van der Waals surface area contributed by atoms with E-state index in [9.17, 15) is 9.59 Å². The molecule has 3 rings (SSSR count). The lowest BCUT2D eigenvalue weighted by Crippen LogP contribution is -2.44. The molecule has 1 aromatic heterocycles. The van der Waals surface area contributed by atoms with Gasteiger partial charge in [0.15, 0.2) is 0 Å². The van der Waals surface area contributed by atoms with Crippen LogP contribution in [0.2, 0.25) is 0 Å². The van der Waals surface area contributed by atoms with Crippen molar-refractivity contribution in [3.8, 4) is 5.69 Å². The zero-order valence-electron chi connectivity index (χ0n) is 13.9. The van der Waals surface area contributed by atoms with Crippen LogP contribution in [-0.2, 0) is 9.53 Å². The number of benzene rings is 1. The third-order valence-electron chi connectivity index (χ3n) is 4.34. The second-order valence-corrected chi connectivity index (χ2v) is 5.98.